The number of amides is 13. The molecule has 0 radical (unpaired) electrons. The Bertz CT molecular complexity index is 3270. The highest BCUT2D eigenvalue weighted by Gasteiger charge is 2.40. The van der Waals surface area contributed by atoms with Gasteiger partial charge < -0.3 is 107 Å². The number of rotatable bonds is 42. The third-order valence-corrected chi connectivity index (χ3v) is 17.3. The first-order valence-corrected chi connectivity index (χ1v) is 33.6. The van der Waals surface area contributed by atoms with Gasteiger partial charge in [0.05, 0.1) is 19.1 Å². The topological polar surface area (TPSA) is 582 Å². The molecule has 0 saturated carbocycles. The maximum Gasteiger partial charge on any atom is 0.326 e. The summed E-state index contributed by atoms with van der Waals surface area (Å²) in [6, 6.07) is -7.19. The van der Waals surface area contributed by atoms with Gasteiger partial charge in [-0.05, 0) is 114 Å². The van der Waals surface area contributed by atoms with Crippen molar-refractivity contribution >= 4 is 106 Å². The molecule has 100 heavy (non-hydrogen) atoms. The first kappa shape index (κ1) is 82.4. The molecule has 4 rings (SSSR count). The fourth-order valence-corrected chi connectivity index (χ4v) is 11.4. The fraction of sp³-hybridized carbons (Fsp3) is 0.625. The zero-order valence-electron chi connectivity index (χ0n) is 57.5. The standard InChI is InChI=1S/C64H101N19O17/c1-7-34(4)52(63(99)100)81-57(93)42(18-12-26-70-64(68)69)77-53(89)35(5)74-61(97)51(33(2)3)80-58(94)44(29-37-30-71-40-16-9-8-15-38(37)40)79-56(92)43(22-24-50(87)88)78-60(96)46-20-13-27-82(46)49(86)32-73-55(91)41(17-10-11-25-65)76-48(85)31-72-59(95)45-19-14-28-83(45)62(98)36(6)75-54(90)39(66)21-23-47(67)84/h8-9,15-16,30,33-36,39,41-46,51-52,71H,7,10-14,17-29,31-32,65-66H2,1-6H3,(H2,67,84)(H,72,95)(H,73,91)(H,74,97)(H,75,90)(H,76,85)(H,77,89)(H,78,96)(H,79,92)(H,80,94)(H,81,93)(H,87,88)(H,99,100)(H4,68,69,70)/t34-,35-,36-,39-,41-,42-,43-,44-,45-,46-,51-,52-/m0/s1. The van der Waals surface area contributed by atoms with E-state index < -0.39 is 193 Å². The van der Waals surface area contributed by atoms with Crippen molar-refractivity contribution in [3.8, 4) is 0 Å². The van der Waals surface area contributed by atoms with Gasteiger partial charge in [-0.2, -0.15) is 0 Å². The zero-order chi connectivity index (χ0) is 74.5. The maximum atomic E-state index is 14.7. The lowest BCUT2D eigenvalue weighted by molar-refractivity contribution is -0.144. The number of para-hydroxylation sites is 1. The quantitative estimate of drug-likeness (QED) is 0.0169. The van der Waals surface area contributed by atoms with Crippen LogP contribution in [0.3, 0.4) is 0 Å². The number of guanidine groups is 1. The molecule has 2 fully saturated rings. The SMILES string of the molecule is CC[C@H](C)[C@H](NC(=O)[C@H](CCCN=C(N)N)NC(=O)[C@H](C)NC(=O)[C@@H](NC(=O)[C@H](Cc1c[nH]c2ccccc12)NC(=O)[C@H](CCC(=O)O)NC(=O)[C@@H]1CCCN1C(=O)CNC(=O)[C@H](CCCCN)NC(=O)CNC(=O)[C@@H]1CCCN1C(=O)[C@H](C)NC(=O)[C@@H](N)CCC(N)=O)C(C)C)C(=O)O. The van der Waals surface area contributed by atoms with Crippen molar-refractivity contribution in [2.24, 2.45) is 45.5 Å². The normalized spacial score (nSPS) is 17.2. The minimum absolute atomic E-state index is 0.0210. The van der Waals surface area contributed by atoms with Crippen molar-refractivity contribution in [1.29, 1.82) is 0 Å². The summed E-state index contributed by atoms with van der Waals surface area (Å²) in [5, 5.41) is 45.8. The summed E-state index contributed by atoms with van der Waals surface area (Å²) in [6.07, 6.45) is 2.46. The highest BCUT2D eigenvalue weighted by Crippen LogP contribution is 2.23. The molecule has 12 atom stereocenters. The number of nitrogens with zero attached hydrogens (tertiary/aromatic N) is 3. The van der Waals surface area contributed by atoms with Gasteiger partial charge in [-0.25, -0.2) is 4.79 Å². The third kappa shape index (κ3) is 26.0. The summed E-state index contributed by atoms with van der Waals surface area (Å²) < 4.78 is 0. The average Bonchev–Trinajstić information content (AvgIpc) is 1.76. The summed E-state index contributed by atoms with van der Waals surface area (Å²) in [7, 11) is 0. The number of nitrogens with two attached hydrogens (primary N) is 5. The molecule has 2 saturated heterocycles. The van der Waals surface area contributed by atoms with Gasteiger partial charge in [-0.1, -0.05) is 52.3 Å². The minimum Gasteiger partial charge on any atom is -0.481 e. The summed E-state index contributed by atoms with van der Waals surface area (Å²) in [6.45, 7) is 8.51. The first-order valence-electron chi connectivity index (χ1n) is 33.6. The number of aromatic nitrogens is 1. The molecule has 0 spiro atoms. The molecule has 2 aliphatic rings. The van der Waals surface area contributed by atoms with Gasteiger partial charge in [0, 0.05) is 56.0 Å². The Labute approximate surface area is 578 Å². The van der Waals surface area contributed by atoms with E-state index in [1.54, 1.807) is 58.2 Å². The van der Waals surface area contributed by atoms with E-state index >= 15 is 0 Å². The molecule has 0 bridgehead atoms. The van der Waals surface area contributed by atoms with Gasteiger partial charge in [0.1, 0.15) is 60.4 Å². The average molecular weight is 1410 g/mol. The second-order valence-electron chi connectivity index (χ2n) is 25.4. The van der Waals surface area contributed by atoms with Crippen molar-refractivity contribution in [1.82, 2.24) is 68.0 Å². The number of H-pyrrole nitrogens is 1. The molecule has 0 unspecified atom stereocenters. The zero-order valence-corrected chi connectivity index (χ0v) is 57.5. The molecule has 36 heteroatoms. The molecule has 554 valence electrons. The van der Waals surface area contributed by atoms with E-state index in [9.17, 15) is 82.1 Å². The second kappa shape index (κ2) is 40.8. The molecular weight excluding hydrogens is 1310 g/mol. The third-order valence-electron chi connectivity index (χ3n) is 17.3. The molecule has 1 aromatic heterocycles. The smallest absolute Gasteiger partial charge is 0.326 e. The Hall–Kier alpha value is -10.00. The van der Waals surface area contributed by atoms with Crippen LogP contribution in [-0.4, -0.2) is 225 Å². The van der Waals surface area contributed by atoms with Crippen LogP contribution in [0.1, 0.15) is 137 Å². The van der Waals surface area contributed by atoms with Crippen LogP contribution in [-0.2, 0) is 78.3 Å². The molecule has 0 aliphatic carbocycles. The van der Waals surface area contributed by atoms with Crippen molar-refractivity contribution in [2.45, 2.75) is 204 Å². The number of nitrogens with one attached hydrogen (secondary N) is 11. The van der Waals surface area contributed by atoms with E-state index in [-0.39, 0.29) is 89.9 Å². The number of carbonyl (C=O) groups excluding carboxylic acids is 13. The van der Waals surface area contributed by atoms with Gasteiger partial charge >= 0.3 is 11.9 Å². The van der Waals surface area contributed by atoms with E-state index in [1.807, 2.05) is 0 Å². The fourth-order valence-electron chi connectivity index (χ4n) is 11.4. The summed E-state index contributed by atoms with van der Waals surface area (Å²) in [4.78, 5) is 210. The first-order chi connectivity index (χ1) is 47.3. The van der Waals surface area contributed by atoms with E-state index in [1.165, 1.54) is 23.6 Å². The van der Waals surface area contributed by atoms with Crippen LogP contribution >= 0.6 is 0 Å². The predicted octanol–water partition coefficient (Wildman–Crippen LogP) is -4.73. The summed E-state index contributed by atoms with van der Waals surface area (Å²) in [5.41, 5.74) is 28.8. The van der Waals surface area contributed by atoms with E-state index in [0.717, 1.165) is 0 Å². The van der Waals surface area contributed by atoms with Gasteiger partial charge in [0.2, 0.25) is 76.8 Å². The molecule has 2 aromatic rings. The van der Waals surface area contributed by atoms with E-state index in [4.69, 9.17) is 28.7 Å². The Morgan fingerprint density at radius 1 is 0.600 bits per heavy atom. The molecule has 2 aliphatic heterocycles. The number of unbranched alkanes of at least 4 members (excludes halogenated alkanes) is 1. The van der Waals surface area contributed by atoms with E-state index in [0.29, 0.717) is 42.1 Å². The molecule has 1 aromatic carbocycles. The Kier molecular flexibility index (Phi) is 33.6. The summed E-state index contributed by atoms with van der Waals surface area (Å²) >= 11 is 0. The number of carbonyl (C=O) groups is 15. The number of aromatic amines is 1. The van der Waals surface area contributed by atoms with Crippen LogP contribution in [0.25, 0.3) is 10.9 Å². The van der Waals surface area contributed by atoms with Crippen molar-refractivity contribution in [3.05, 3.63) is 36.0 Å². The molecular formula is C64H101N19O17. The van der Waals surface area contributed by atoms with Crippen LogP contribution in [0.15, 0.2) is 35.5 Å². The van der Waals surface area contributed by atoms with Crippen molar-refractivity contribution in [2.75, 3.05) is 39.3 Å². The van der Waals surface area contributed by atoms with Gasteiger partial charge in [-0.3, -0.25) is 72.1 Å². The number of carboxylic acids is 2. The van der Waals surface area contributed by atoms with E-state index in [2.05, 4.69) is 63.1 Å². The number of hydrogen-bond acceptors (Lipinski definition) is 18. The lowest BCUT2D eigenvalue weighted by Gasteiger charge is -2.29. The van der Waals surface area contributed by atoms with Gasteiger partial charge in [0.25, 0.3) is 0 Å². The number of aliphatic imine (C=N–C) groups is 1. The number of carboxylic acid groups (broad SMARTS) is 2. The predicted molar refractivity (Wildman–Crippen MR) is 362 cm³/mol. The second-order valence-corrected chi connectivity index (χ2v) is 25.4. The Balaban J connectivity index is 1.46. The molecule has 36 nitrogen and oxygen atoms in total. The largest absolute Gasteiger partial charge is 0.481 e. The van der Waals surface area contributed by atoms with Crippen molar-refractivity contribution < 1.29 is 82.1 Å². The van der Waals surface area contributed by atoms with Crippen LogP contribution < -0.4 is 81.8 Å². The van der Waals surface area contributed by atoms with Crippen molar-refractivity contribution in [3.63, 3.8) is 0 Å². The van der Waals surface area contributed by atoms with Gasteiger partial charge in [0.15, 0.2) is 5.96 Å². The lowest BCUT2D eigenvalue weighted by Crippen LogP contribution is -2.61. The lowest BCUT2D eigenvalue weighted by atomic mass is 9.98. The van der Waals surface area contributed by atoms with Crippen LogP contribution in [0.5, 0.6) is 0 Å². The monoisotopic (exact) mass is 1410 g/mol. The number of aliphatic carboxylic acids is 2. The molecule has 23 N–H and O–H groups in total. The molecule has 13 amide bonds. The highest BCUT2D eigenvalue weighted by molar-refractivity contribution is 6.00. The Morgan fingerprint density at radius 2 is 1.19 bits per heavy atom. The maximum absolute atomic E-state index is 14.7. The molecule has 3 heterocycles. The minimum atomic E-state index is -1.64. The highest BCUT2D eigenvalue weighted by atomic mass is 16.4. The van der Waals surface area contributed by atoms with Crippen LogP contribution in [0.4, 0.5) is 0 Å². The number of likely N-dealkylation sites (tertiary alicyclic amines) is 2. The van der Waals surface area contributed by atoms with Crippen LogP contribution in [0.2, 0.25) is 0 Å². The number of fused-ring (bicyclic) bond motifs is 1. The van der Waals surface area contributed by atoms with Gasteiger partial charge in [-0.15, -0.1) is 0 Å². The number of hydrogen-bond donors (Lipinski definition) is 18. The Morgan fingerprint density at radius 3 is 1.82 bits per heavy atom. The summed E-state index contributed by atoms with van der Waals surface area (Å²) in [5.74, 6) is -14.3. The van der Waals surface area contributed by atoms with Crippen LogP contribution in [0, 0.1) is 11.8 Å². The number of benzene rings is 1. The number of primary amides is 1.